The van der Waals surface area contributed by atoms with Crippen molar-refractivity contribution < 1.29 is 28.7 Å². The van der Waals surface area contributed by atoms with Gasteiger partial charge in [0.05, 0.1) is 0 Å². The first-order chi connectivity index (χ1) is 12.1. The number of Topliss-reactive ketones (excluding diaryl/α,β-unsaturated/α-hetero) is 2. The van der Waals surface area contributed by atoms with E-state index in [1.165, 1.54) is 0 Å². The molecule has 25 heavy (non-hydrogen) atoms. The molecule has 0 spiro atoms. The zero-order valence-electron chi connectivity index (χ0n) is 13.1. The first-order valence-electron chi connectivity index (χ1n) is 7.94. The first-order valence-corrected chi connectivity index (χ1v) is 7.94. The Morgan fingerprint density at radius 3 is 1.88 bits per heavy atom. The summed E-state index contributed by atoms with van der Waals surface area (Å²) in [7, 11) is 0. The van der Waals surface area contributed by atoms with Crippen LogP contribution in [0.2, 0.25) is 0 Å². The van der Waals surface area contributed by atoms with Crippen molar-refractivity contribution in [3.8, 4) is 0 Å². The smallest absolute Gasteiger partial charge is 0.317 e. The van der Waals surface area contributed by atoms with E-state index in [4.69, 9.17) is 9.47 Å². The Hall–Kier alpha value is -3.02. The standard InChI is InChI=1S/C19H14O6/c20-13-8-24-18(22)16(13)15(17-14(21)9-25-19(17)23)12-7-3-5-10-4-1-2-6-11(10)12/h1-7,15-17H,8-9H2. The average molecular weight is 338 g/mol. The first kappa shape index (κ1) is 15.5. The molecule has 0 aliphatic carbocycles. The number of ether oxygens (including phenoxy) is 2. The van der Waals surface area contributed by atoms with Crippen molar-refractivity contribution in [1.29, 1.82) is 0 Å². The van der Waals surface area contributed by atoms with Crippen LogP contribution in [-0.4, -0.2) is 36.7 Å². The number of carbonyl (C=O) groups excluding carboxylic acids is 4. The maximum Gasteiger partial charge on any atom is 0.317 e. The van der Waals surface area contributed by atoms with Crippen molar-refractivity contribution in [2.45, 2.75) is 5.92 Å². The molecule has 0 amide bonds. The van der Waals surface area contributed by atoms with Gasteiger partial charge in [0.1, 0.15) is 11.8 Å². The van der Waals surface area contributed by atoms with Crippen molar-refractivity contribution >= 4 is 34.3 Å². The van der Waals surface area contributed by atoms with E-state index in [-0.39, 0.29) is 13.2 Å². The summed E-state index contributed by atoms with van der Waals surface area (Å²) < 4.78 is 9.74. The van der Waals surface area contributed by atoms with E-state index in [2.05, 4.69) is 0 Å². The van der Waals surface area contributed by atoms with Gasteiger partial charge in [0.15, 0.2) is 24.8 Å². The lowest BCUT2D eigenvalue weighted by molar-refractivity contribution is -0.145. The molecule has 6 nitrogen and oxygen atoms in total. The lowest BCUT2D eigenvalue weighted by Gasteiger charge is -2.24. The van der Waals surface area contributed by atoms with Crippen LogP contribution in [0.4, 0.5) is 0 Å². The zero-order chi connectivity index (χ0) is 17.6. The SMILES string of the molecule is O=C1COC(=O)C1C(c1cccc2ccccc12)C1C(=O)COC1=O. The number of carbonyl (C=O) groups is 4. The average Bonchev–Trinajstić information content (AvgIpc) is 3.12. The number of esters is 2. The Kier molecular flexibility index (Phi) is 3.60. The molecule has 2 heterocycles. The van der Waals surface area contributed by atoms with E-state index >= 15 is 0 Å². The fourth-order valence-corrected chi connectivity index (χ4v) is 3.69. The third kappa shape index (κ3) is 2.41. The molecule has 2 unspecified atom stereocenters. The highest BCUT2D eigenvalue weighted by Gasteiger charge is 2.52. The van der Waals surface area contributed by atoms with Crippen LogP contribution in [0, 0.1) is 11.8 Å². The summed E-state index contributed by atoms with van der Waals surface area (Å²) in [6.45, 7) is -0.665. The highest BCUT2D eigenvalue weighted by molar-refractivity contribution is 6.11. The predicted molar refractivity (Wildman–Crippen MR) is 85.6 cm³/mol. The largest absolute Gasteiger partial charge is 0.457 e. The monoisotopic (exact) mass is 338 g/mol. The third-order valence-corrected chi connectivity index (χ3v) is 4.82. The molecule has 2 aliphatic heterocycles. The van der Waals surface area contributed by atoms with Crippen LogP contribution in [0.15, 0.2) is 42.5 Å². The number of hydrogen-bond donors (Lipinski definition) is 0. The fraction of sp³-hybridized carbons (Fsp3) is 0.263. The second-order valence-corrected chi connectivity index (χ2v) is 6.20. The second kappa shape index (κ2) is 5.81. The summed E-state index contributed by atoms with van der Waals surface area (Å²) in [5.41, 5.74) is 0.604. The van der Waals surface area contributed by atoms with Crippen LogP contribution in [0.3, 0.4) is 0 Å². The van der Waals surface area contributed by atoms with E-state index < -0.39 is 41.3 Å². The Labute approximate surface area is 142 Å². The van der Waals surface area contributed by atoms with Crippen molar-refractivity contribution in [3.05, 3.63) is 48.0 Å². The van der Waals surface area contributed by atoms with Gasteiger partial charge in [-0.05, 0) is 16.3 Å². The van der Waals surface area contributed by atoms with Gasteiger partial charge in [0.25, 0.3) is 0 Å². The summed E-state index contributed by atoms with van der Waals surface area (Å²) in [5.74, 6) is -5.51. The van der Waals surface area contributed by atoms with Crippen LogP contribution in [0.5, 0.6) is 0 Å². The predicted octanol–water partition coefficient (Wildman–Crippen LogP) is 1.41. The molecule has 2 saturated heterocycles. The maximum absolute atomic E-state index is 12.3. The zero-order valence-corrected chi connectivity index (χ0v) is 13.1. The Morgan fingerprint density at radius 1 is 0.760 bits per heavy atom. The van der Waals surface area contributed by atoms with Gasteiger partial charge < -0.3 is 9.47 Å². The summed E-state index contributed by atoms with van der Waals surface area (Å²) in [5, 5.41) is 1.68. The molecule has 2 aromatic rings. The molecule has 2 aromatic carbocycles. The summed E-state index contributed by atoms with van der Waals surface area (Å²) in [4.78, 5) is 49.0. The van der Waals surface area contributed by atoms with Gasteiger partial charge in [-0.1, -0.05) is 42.5 Å². The van der Waals surface area contributed by atoms with Crippen LogP contribution in [0.1, 0.15) is 11.5 Å². The Morgan fingerprint density at radius 2 is 1.32 bits per heavy atom. The van der Waals surface area contributed by atoms with Crippen LogP contribution < -0.4 is 0 Å². The number of cyclic esters (lactones) is 2. The van der Waals surface area contributed by atoms with Crippen molar-refractivity contribution in [3.63, 3.8) is 0 Å². The van der Waals surface area contributed by atoms with Crippen LogP contribution in [0.25, 0.3) is 10.8 Å². The minimum Gasteiger partial charge on any atom is -0.457 e. The maximum atomic E-state index is 12.3. The van der Waals surface area contributed by atoms with Gasteiger partial charge in [-0.15, -0.1) is 0 Å². The molecule has 0 bridgehead atoms. The Balaban J connectivity index is 1.94. The molecule has 4 rings (SSSR count). The van der Waals surface area contributed by atoms with E-state index in [1.54, 1.807) is 12.1 Å². The summed E-state index contributed by atoms with van der Waals surface area (Å²) >= 11 is 0. The minimum atomic E-state index is -1.18. The minimum absolute atomic E-state index is 0.333. The molecule has 0 aromatic heterocycles. The fourth-order valence-electron chi connectivity index (χ4n) is 3.69. The molecule has 6 heteroatoms. The van der Waals surface area contributed by atoms with Gasteiger partial charge in [-0.3, -0.25) is 19.2 Å². The number of hydrogen-bond acceptors (Lipinski definition) is 6. The molecular formula is C19H14O6. The number of fused-ring (bicyclic) bond motifs is 1. The van der Waals surface area contributed by atoms with Crippen LogP contribution >= 0.6 is 0 Å². The van der Waals surface area contributed by atoms with Gasteiger partial charge >= 0.3 is 11.9 Å². The van der Waals surface area contributed by atoms with Crippen molar-refractivity contribution in [1.82, 2.24) is 0 Å². The van der Waals surface area contributed by atoms with E-state index in [0.29, 0.717) is 5.56 Å². The van der Waals surface area contributed by atoms with Crippen molar-refractivity contribution in [2.24, 2.45) is 11.8 Å². The molecule has 0 N–H and O–H groups in total. The van der Waals surface area contributed by atoms with Gasteiger partial charge in [0, 0.05) is 5.92 Å². The lowest BCUT2D eigenvalue weighted by atomic mass is 9.73. The molecule has 2 atom stereocenters. The van der Waals surface area contributed by atoms with Crippen LogP contribution in [-0.2, 0) is 28.7 Å². The molecule has 126 valence electrons. The number of ketones is 2. The highest BCUT2D eigenvalue weighted by Crippen LogP contribution is 2.41. The van der Waals surface area contributed by atoms with E-state index in [9.17, 15) is 19.2 Å². The molecule has 0 radical (unpaired) electrons. The molecule has 2 fully saturated rings. The summed E-state index contributed by atoms with van der Waals surface area (Å²) in [6, 6.07) is 12.8. The molecule has 0 saturated carbocycles. The molecule has 2 aliphatic rings. The normalized spacial score (nSPS) is 24.5. The number of benzene rings is 2. The van der Waals surface area contributed by atoms with Gasteiger partial charge in [0.2, 0.25) is 0 Å². The molecular weight excluding hydrogens is 324 g/mol. The quantitative estimate of drug-likeness (QED) is 0.621. The summed E-state index contributed by atoms with van der Waals surface area (Å²) in [6.07, 6.45) is 0. The Bertz CT molecular complexity index is 842. The third-order valence-electron chi connectivity index (χ3n) is 4.82. The van der Waals surface area contributed by atoms with E-state index in [1.807, 2.05) is 30.3 Å². The van der Waals surface area contributed by atoms with Crippen molar-refractivity contribution in [2.75, 3.05) is 13.2 Å². The van der Waals surface area contributed by atoms with Gasteiger partial charge in [-0.25, -0.2) is 0 Å². The highest BCUT2D eigenvalue weighted by atomic mass is 16.5. The second-order valence-electron chi connectivity index (χ2n) is 6.20. The van der Waals surface area contributed by atoms with Gasteiger partial charge in [-0.2, -0.15) is 0 Å². The lowest BCUT2D eigenvalue weighted by Crippen LogP contribution is -2.35. The topological polar surface area (TPSA) is 86.7 Å². The van der Waals surface area contributed by atoms with E-state index in [0.717, 1.165) is 10.8 Å². The number of rotatable bonds is 3.